The van der Waals surface area contributed by atoms with Gasteiger partial charge in [-0.1, -0.05) is 12.8 Å². The summed E-state index contributed by atoms with van der Waals surface area (Å²) in [4.78, 5) is 20.8. The van der Waals surface area contributed by atoms with Crippen LogP contribution < -0.4 is 10.6 Å². The van der Waals surface area contributed by atoms with Gasteiger partial charge < -0.3 is 25.2 Å². The van der Waals surface area contributed by atoms with E-state index < -0.39 is 0 Å². The average molecular weight is 394 g/mol. The van der Waals surface area contributed by atoms with Gasteiger partial charge in [0.25, 0.3) is 0 Å². The first-order valence-corrected chi connectivity index (χ1v) is 11.2. The summed E-state index contributed by atoms with van der Waals surface area (Å²) in [5.74, 6) is 0.773. The molecule has 0 radical (unpaired) electrons. The first kappa shape index (κ1) is 21.4. The third kappa shape index (κ3) is 6.62. The van der Waals surface area contributed by atoms with E-state index in [1.165, 1.54) is 32.1 Å². The number of rotatable bonds is 6. The van der Waals surface area contributed by atoms with Crippen LogP contribution in [0.5, 0.6) is 0 Å². The van der Waals surface area contributed by atoms with Crippen molar-refractivity contribution in [1.82, 2.24) is 20.4 Å². The van der Waals surface area contributed by atoms with Crippen molar-refractivity contribution in [2.75, 3.05) is 46.9 Å². The van der Waals surface area contributed by atoms with Gasteiger partial charge in [-0.2, -0.15) is 0 Å². The van der Waals surface area contributed by atoms with Crippen LogP contribution in [0.15, 0.2) is 4.99 Å². The minimum Gasteiger partial charge on any atom is -0.376 e. The first-order valence-electron chi connectivity index (χ1n) is 11.2. The molecule has 1 unspecified atom stereocenters. The zero-order valence-electron chi connectivity index (χ0n) is 17.8. The number of carbonyl (C=O) groups excluding carboxylic acids is 1. The highest BCUT2D eigenvalue weighted by molar-refractivity contribution is 5.84. The van der Waals surface area contributed by atoms with Crippen molar-refractivity contribution in [3.05, 3.63) is 0 Å². The number of nitrogens with one attached hydrogen (secondary N) is 2. The van der Waals surface area contributed by atoms with Gasteiger partial charge >= 0.3 is 0 Å². The average Bonchev–Trinajstić information content (AvgIpc) is 3.26. The van der Waals surface area contributed by atoms with Gasteiger partial charge in [0.2, 0.25) is 5.91 Å². The molecule has 0 aromatic heterocycles. The van der Waals surface area contributed by atoms with Crippen LogP contribution in [0.2, 0.25) is 0 Å². The van der Waals surface area contributed by atoms with Crippen LogP contribution in [0.1, 0.15) is 57.8 Å². The van der Waals surface area contributed by atoms with Gasteiger partial charge in [-0.3, -0.25) is 4.79 Å². The topological polar surface area (TPSA) is 69.2 Å². The first-order chi connectivity index (χ1) is 13.6. The Labute approximate surface area is 170 Å². The summed E-state index contributed by atoms with van der Waals surface area (Å²) in [6.07, 6.45) is 11.5. The van der Waals surface area contributed by atoms with Crippen LogP contribution in [0, 0.1) is 0 Å². The molecule has 3 rings (SSSR count). The van der Waals surface area contributed by atoms with E-state index in [-0.39, 0.29) is 18.6 Å². The number of aliphatic imine (C=N–C) groups is 1. The van der Waals surface area contributed by atoms with E-state index >= 15 is 0 Å². The number of hydrogen-bond acceptors (Lipinski definition) is 4. The Morgan fingerprint density at radius 2 is 1.79 bits per heavy atom. The highest BCUT2D eigenvalue weighted by Gasteiger charge is 2.27. The third-order valence-electron chi connectivity index (χ3n) is 6.35. The molecule has 0 aromatic carbocycles. The van der Waals surface area contributed by atoms with E-state index in [9.17, 15) is 4.79 Å². The SMILES string of the molecule is CN(C)C(=O)CN=C(NCC1CCCCO1)NC1CCN(C2CCCC2)CC1. The Balaban J connectivity index is 1.49. The minimum absolute atomic E-state index is 0.0195. The minimum atomic E-state index is 0.0195. The number of ether oxygens (including phenoxy) is 1. The summed E-state index contributed by atoms with van der Waals surface area (Å²) in [5, 5.41) is 7.01. The summed E-state index contributed by atoms with van der Waals surface area (Å²) in [6.45, 7) is 4.11. The number of likely N-dealkylation sites (N-methyl/N-ethyl adjacent to an activating group) is 1. The molecule has 0 bridgehead atoms. The molecule has 160 valence electrons. The van der Waals surface area contributed by atoms with Gasteiger partial charge in [-0.15, -0.1) is 0 Å². The van der Waals surface area contributed by atoms with Gasteiger partial charge in [0, 0.05) is 52.4 Å². The second-order valence-electron chi connectivity index (χ2n) is 8.72. The Morgan fingerprint density at radius 1 is 1.07 bits per heavy atom. The molecular weight excluding hydrogens is 354 g/mol. The molecule has 7 nitrogen and oxygen atoms in total. The summed E-state index contributed by atoms with van der Waals surface area (Å²) < 4.78 is 5.83. The van der Waals surface area contributed by atoms with Gasteiger partial charge in [-0.05, 0) is 44.9 Å². The largest absolute Gasteiger partial charge is 0.376 e. The van der Waals surface area contributed by atoms with E-state index in [4.69, 9.17) is 4.74 Å². The molecular formula is C21H39N5O2. The highest BCUT2D eigenvalue weighted by Crippen LogP contribution is 2.26. The van der Waals surface area contributed by atoms with Crippen molar-refractivity contribution in [3.8, 4) is 0 Å². The molecule has 3 fully saturated rings. The highest BCUT2D eigenvalue weighted by atomic mass is 16.5. The lowest BCUT2D eigenvalue weighted by atomic mass is 10.0. The normalized spacial score (nSPS) is 25.6. The Bertz CT molecular complexity index is 505. The van der Waals surface area contributed by atoms with E-state index in [1.807, 2.05) is 0 Å². The summed E-state index contributed by atoms with van der Waals surface area (Å²) in [5.41, 5.74) is 0. The van der Waals surface area contributed by atoms with Crippen molar-refractivity contribution in [1.29, 1.82) is 0 Å². The smallest absolute Gasteiger partial charge is 0.243 e. The molecule has 3 aliphatic rings. The van der Waals surface area contributed by atoms with E-state index in [1.54, 1.807) is 19.0 Å². The third-order valence-corrected chi connectivity index (χ3v) is 6.35. The molecule has 2 N–H and O–H groups in total. The maximum absolute atomic E-state index is 12.0. The number of likely N-dealkylation sites (tertiary alicyclic amines) is 1. The molecule has 7 heteroatoms. The molecule has 1 atom stereocenters. The zero-order chi connectivity index (χ0) is 19.8. The van der Waals surface area contributed by atoms with Crippen molar-refractivity contribution in [3.63, 3.8) is 0 Å². The standard InChI is InChI=1S/C21H39N5O2/c1-25(2)20(27)16-23-21(22-15-19-9-5-6-14-28-19)24-17-10-12-26(13-11-17)18-7-3-4-8-18/h17-19H,3-16H2,1-2H3,(H2,22,23,24). The van der Waals surface area contributed by atoms with E-state index in [0.29, 0.717) is 6.04 Å². The van der Waals surface area contributed by atoms with E-state index in [0.717, 1.165) is 63.9 Å². The Kier molecular flexibility index (Phi) is 8.40. The monoisotopic (exact) mass is 393 g/mol. The predicted molar refractivity (Wildman–Crippen MR) is 113 cm³/mol. The molecule has 0 aromatic rings. The fourth-order valence-electron chi connectivity index (χ4n) is 4.49. The summed E-state index contributed by atoms with van der Waals surface area (Å²) >= 11 is 0. The quantitative estimate of drug-likeness (QED) is 0.530. The zero-order valence-corrected chi connectivity index (χ0v) is 17.8. The second-order valence-corrected chi connectivity index (χ2v) is 8.72. The van der Waals surface area contributed by atoms with Crippen molar-refractivity contribution < 1.29 is 9.53 Å². The van der Waals surface area contributed by atoms with Crippen LogP contribution >= 0.6 is 0 Å². The lowest BCUT2D eigenvalue weighted by Gasteiger charge is -2.36. The molecule has 1 amide bonds. The maximum Gasteiger partial charge on any atom is 0.243 e. The molecule has 0 spiro atoms. The van der Waals surface area contributed by atoms with Crippen LogP contribution in [0.25, 0.3) is 0 Å². The van der Waals surface area contributed by atoms with Crippen molar-refractivity contribution in [2.24, 2.45) is 4.99 Å². The van der Waals surface area contributed by atoms with Crippen LogP contribution in [0.3, 0.4) is 0 Å². The molecule has 1 aliphatic carbocycles. The van der Waals surface area contributed by atoms with E-state index in [2.05, 4.69) is 20.5 Å². The molecule has 2 aliphatic heterocycles. The number of hydrogen-bond donors (Lipinski definition) is 2. The van der Waals surface area contributed by atoms with Crippen molar-refractivity contribution >= 4 is 11.9 Å². The fourth-order valence-corrected chi connectivity index (χ4v) is 4.49. The number of piperidine rings is 1. The van der Waals surface area contributed by atoms with Crippen LogP contribution in [-0.2, 0) is 9.53 Å². The molecule has 28 heavy (non-hydrogen) atoms. The van der Waals surface area contributed by atoms with Gasteiger partial charge in [0.05, 0.1) is 6.10 Å². The van der Waals surface area contributed by atoms with Gasteiger partial charge in [0.15, 0.2) is 5.96 Å². The maximum atomic E-state index is 12.0. The van der Waals surface area contributed by atoms with Crippen molar-refractivity contribution in [2.45, 2.75) is 76.0 Å². The Morgan fingerprint density at radius 3 is 2.43 bits per heavy atom. The number of guanidine groups is 1. The van der Waals surface area contributed by atoms with Gasteiger partial charge in [-0.25, -0.2) is 4.99 Å². The predicted octanol–water partition coefficient (Wildman–Crippen LogP) is 1.59. The second kappa shape index (κ2) is 11.0. The summed E-state index contributed by atoms with van der Waals surface area (Å²) in [7, 11) is 3.54. The number of carbonyl (C=O) groups is 1. The number of amides is 1. The molecule has 2 heterocycles. The van der Waals surface area contributed by atoms with Gasteiger partial charge in [0.1, 0.15) is 6.54 Å². The number of nitrogens with zero attached hydrogens (tertiary/aromatic N) is 3. The molecule has 1 saturated carbocycles. The lowest BCUT2D eigenvalue weighted by Crippen LogP contribution is -2.51. The molecule has 2 saturated heterocycles. The van der Waals surface area contributed by atoms with Crippen LogP contribution in [-0.4, -0.2) is 86.7 Å². The summed E-state index contributed by atoms with van der Waals surface area (Å²) in [6, 6.07) is 1.24. The van der Waals surface area contributed by atoms with Crippen LogP contribution in [0.4, 0.5) is 0 Å². The Hall–Kier alpha value is -1.34. The lowest BCUT2D eigenvalue weighted by molar-refractivity contribution is -0.127. The fraction of sp³-hybridized carbons (Fsp3) is 0.905.